The number of nitrogens with zero attached hydrogens (tertiary/aromatic N) is 3. The molecule has 0 aliphatic carbocycles. The van der Waals surface area contributed by atoms with Gasteiger partial charge in [0.15, 0.2) is 0 Å². The molecule has 4 nitrogen and oxygen atoms in total. The lowest BCUT2D eigenvalue weighted by Gasteiger charge is -2.08. The first-order chi connectivity index (χ1) is 15.4. The molecule has 0 spiro atoms. The van der Waals surface area contributed by atoms with Crippen molar-refractivity contribution in [3.63, 3.8) is 0 Å². The fourth-order valence-corrected chi connectivity index (χ4v) is 4.73. The van der Waals surface area contributed by atoms with Crippen molar-refractivity contribution in [3.8, 4) is 16.8 Å². The lowest BCUT2D eigenvalue weighted by molar-refractivity contribution is 1.18. The number of aromatic nitrogens is 4. The number of hydrogen-bond acceptors (Lipinski definition) is 1. The Morgan fingerprint density at radius 1 is 0.645 bits per heavy atom. The number of hydrogen-bond donors (Lipinski definition) is 1. The number of nitrogens with one attached hydrogen (secondary N) is 1. The van der Waals surface area contributed by atoms with Crippen LogP contribution in [0.5, 0.6) is 0 Å². The van der Waals surface area contributed by atoms with E-state index in [1.807, 2.05) is 12.4 Å². The minimum atomic E-state index is 0.869. The fraction of sp³-hybridized carbons (Fsp3) is 0. The Hall–Kier alpha value is -4.31. The molecule has 0 aliphatic heterocycles. The van der Waals surface area contributed by atoms with Gasteiger partial charge in [0, 0.05) is 28.9 Å². The van der Waals surface area contributed by atoms with Gasteiger partial charge < -0.3 is 9.55 Å². The Labute approximate surface area is 178 Å². The van der Waals surface area contributed by atoms with E-state index in [1.54, 1.807) is 0 Å². The standard InChI is InChI=1S/C27H18N4/c1-2-6-20(7-3-1)31-24-9-5-4-8-21(24)22-16-18(11-13-25(22)31)19-10-12-23-26(17-19)30-15-14-28-27(30)29-23/h1-17H,(H,28,29). The Bertz CT molecular complexity index is 1730. The molecule has 4 aromatic carbocycles. The molecule has 0 amide bonds. The third-order valence-corrected chi connectivity index (χ3v) is 6.16. The van der Waals surface area contributed by atoms with Crippen LogP contribution in [0.4, 0.5) is 0 Å². The smallest absolute Gasteiger partial charge is 0.212 e. The maximum absolute atomic E-state index is 4.37. The summed E-state index contributed by atoms with van der Waals surface area (Å²) in [4.78, 5) is 7.73. The van der Waals surface area contributed by atoms with Crippen molar-refractivity contribution in [3.05, 3.63) is 103 Å². The van der Waals surface area contributed by atoms with E-state index < -0.39 is 0 Å². The van der Waals surface area contributed by atoms with Gasteiger partial charge in [-0.15, -0.1) is 0 Å². The Morgan fingerprint density at radius 3 is 2.35 bits per heavy atom. The first kappa shape index (κ1) is 16.5. The van der Waals surface area contributed by atoms with Crippen LogP contribution >= 0.6 is 0 Å². The first-order valence-corrected chi connectivity index (χ1v) is 10.4. The zero-order valence-corrected chi connectivity index (χ0v) is 16.7. The summed E-state index contributed by atoms with van der Waals surface area (Å²) < 4.78 is 4.44. The van der Waals surface area contributed by atoms with Crippen molar-refractivity contribution >= 4 is 38.6 Å². The fourth-order valence-electron chi connectivity index (χ4n) is 4.73. The summed E-state index contributed by atoms with van der Waals surface area (Å²) >= 11 is 0. The molecule has 0 bridgehead atoms. The molecule has 0 saturated carbocycles. The number of rotatable bonds is 2. The van der Waals surface area contributed by atoms with Crippen LogP contribution in [0.3, 0.4) is 0 Å². The first-order valence-electron chi connectivity index (χ1n) is 10.4. The van der Waals surface area contributed by atoms with E-state index in [9.17, 15) is 0 Å². The summed E-state index contributed by atoms with van der Waals surface area (Å²) in [5, 5.41) is 2.53. The van der Waals surface area contributed by atoms with E-state index in [4.69, 9.17) is 0 Å². The maximum atomic E-state index is 4.37. The van der Waals surface area contributed by atoms with Gasteiger partial charge >= 0.3 is 0 Å². The minimum Gasteiger partial charge on any atom is -0.323 e. The van der Waals surface area contributed by atoms with Gasteiger partial charge in [0.1, 0.15) is 0 Å². The van der Waals surface area contributed by atoms with Crippen LogP contribution in [0.25, 0.3) is 55.4 Å². The van der Waals surface area contributed by atoms with Gasteiger partial charge in [-0.2, -0.15) is 0 Å². The lowest BCUT2D eigenvalue weighted by atomic mass is 10.0. The third kappa shape index (κ3) is 2.33. The molecule has 0 atom stereocenters. The summed E-state index contributed by atoms with van der Waals surface area (Å²) in [6.45, 7) is 0. The van der Waals surface area contributed by atoms with Gasteiger partial charge in [0.2, 0.25) is 5.78 Å². The Kier molecular flexibility index (Phi) is 3.24. The van der Waals surface area contributed by atoms with E-state index in [-0.39, 0.29) is 0 Å². The summed E-state index contributed by atoms with van der Waals surface area (Å²) in [6, 6.07) is 32.5. The molecule has 0 fully saturated rings. The summed E-state index contributed by atoms with van der Waals surface area (Å²) in [5.41, 5.74) is 8.25. The molecule has 7 rings (SSSR count). The topological polar surface area (TPSA) is 38.0 Å². The van der Waals surface area contributed by atoms with Crippen molar-refractivity contribution in [2.24, 2.45) is 0 Å². The average molecular weight is 398 g/mol. The molecule has 0 radical (unpaired) electrons. The molecular weight excluding hydrogens is 380 g/mol. The van der Waals surface area contributed by atoms with Gasteiger partial charge in [0.05, 0.1) is 22.1 Å². The van der Waals surface area contributed by atoms with E-state index in [0.717, 1.165) is 16.8 Å². The number of imidazole rings is 2. The van der Waals surface area contributed by atoms with Crippen LogP contribution in [0.2, 0.25) is 0 Å². The van der Waals surface area contributed by atoms with Gasteiger partial charge in [0.25, 0.3) is 0 Å². The van der Waals surface area contributed by atoms with Crippen molar-refractivity contribution in [1.29, 1.82) is 0 Å². The summed E-state index contributed by atoms with van der Waals surface area (Å²) in [7, 11) is 0. The van der Waals surface area contributed by atoms with Gasteiger partial charge in [-0.3, -0.25) is 4.40 Å². The molecule has 0 saturated heterocycles. The summed E-state index contributed by atoms with van der Waals surface area (Å²) in [6.07, 6.45) is 3.82. The number of benzene rings is 4. The second-order valence-corrected chi connectivity index (χ2v) is 7.90. The molecule has 146 valence electrons. The zero-order valence-electron chi connectivity index (χ0n) is 16.7. The molecule has 0 unspecified atom stereocenters. The number of aromatic amines is 1. The predicted molar refractivity (Wildman–Crippen MR) is 127 cm³/mol. The van der Waals surface area contributed by atoms with Gasteiger partial charge in [-0.25, -0.2) is 4.98 Å². The van der Waals surface area contributed by atoms with Crippen molar-refractivity contribution in [2.75, 3.05) is 0 Å². The molecule has 7 aromatic rings. The van der Waals surface area contributed by atoms with Crippen LogP contribution in [-0.2, 0) is 0 Å². The number of para-hydroxylation sites is 2. The number of fused-ring (bicyclic) bond motifs is 6. The molecule has 3 aromatic heterocycles. The second kappa shape index (κ2) is 6.09. The molecule has 3 heterocycles. The average Bonchev–Trinajstić information content (AvgIpc) is 3.50. The third-order valence-electron chi connectivity index (χ3n) is 6.16. The summed E-state index contributed by atoms with van der Waals surface area (Å²) in [5.74, 6) is 0.869. The monoisotopic (exact) mass is 398 g/mol. The highest BCUT2D eigenvalue weighted by atomic mass is 15.1. The minimum absolute atomic E-state index is 0.869. The zero-order chi connectivity index (χ0) is 20.4. The van der Waals surface area contributed by atoms with E-state index in [0.29, 0.717) is 0 Å². The second-order valence-electron chi connectivity index (χ2n) is 7.90. The number of H-pyrrole nitrogens is 1. The van der Waals surface area contributed by atoms with Crippen LogP contribution in [0, 0.1) is 0 Å². The van der Waals surface area contributed by atoms with E-state index in [2.05, 4.69) is 110 Å². The van der Waals surface area contributed by atoms with Crippen LogP contribution in [0.15, 0.2) is 103 Å². The molecule has 0 aliphatic rings. The predicted octanol–water partition coefficient (Wildman–Crippen LogP) is 6.58. The van der Waals surface area contributed by atoms with Crippen molar-refractivity contribution in [2.45, 2.75) is 0 Å². The van der Waals surface area contributed by atoms with Gasteiger partial charge in [-0.05, 0) is 53.6 Å². The Morgan fingerprint density at radius 2 is 1.42 bits per heavy atom. The van der Waals surface area contributed by atoms with Crippen molar-refractivity contribution in [1.82, 2.24) is 18.9 Å². The highest BCUT2D eigenvalue weighted by molar-refractivity contribution is 6.10. The molecule has 4 heteroatoms. The van der Waals surface area contributed by atoms with Crippen LogP contribution in [-0.4, -0.2) is 18.9 Å². The lowest BCUT2D eigenvalue weighted by Crippen LogP contribution is -1.92. The quantitative estimate of drug-likeness (QED) is 0.351. The Balaban J connectivity index is 1.50. The largest absolute Gasteiger partial charge is 0.323 e. The van der Waals surface area contributed by atoms with Crippen molar-refractivity contribution < 1.29 is 0 Å². The van der Waals surface area contributed by atoms with Crippen LogP contribution < -0.4 is 0 Å². The maximum Gasteiger partial charge on any atom is 0.212 e. The van der Waals surface area contributed by atoms with E-state index in [1.165, 1.54) is 38.6 Å². The van der Waals surface area contributed by atoms with E-state index >= 15 is 0 Å². The SMILES string of the molecule is c1ccc(-n2c3ccccc3c3cc(-c4ccc5[nH]c6nccn6c5c4)ccc32)cc1. The molecular formula is C27H18N4. The highest BCUT2D eigenvalue weighted by Gasteiger charge is 2.13. The molecule has 31 heavy (non-hydrogen) atoms. The van der Waals surface area contributed by atoms with Crippen LogP contribution in [0.1, 0.15) is 0 Å². The highest BCUT2D eigenvalue weighted by Crippen LogP contribution is 2.35. The normalized spacial score (nSPS) is 11.9. The molecule has 1 N–H and O–H groups in total. The van der Waals surface area contributed by atoms with Gasteiger partial charge in [-0.1, -0.05) is 48.5 Å².